The van der Waals surface area contributed by atoms with Gasteiger partial charge in [0.05, 0.1) is 101 Å². The number of aliphatic hydroxyl groups excluding tert-OH is 1. The fourth-order valence-electron chi connectivity index (χ4n) is 6.37. The number of esters is 6. The molecule has 0 aliphatic heterocycles. The van der Waals surface area contributed by atoms with Crippen LogP contribution in [-0.2, 0) is 48.2 Å². The molecule has 0 unspecified atom stereocenters. The molecule has 6 rings (SSSR count). The van der Waals surface area contributed by atoms with Gasteiger partial charge >= 0.3 is 35.8 Å². The number of rotatable bonds is 21. The molecule has 0 aromatic heterocycles. The summed E-state index contributed by atoms with van der Waals surface area (Å²) in [6.45, 7) is 6.74. The Balaban J connectivity index is 1.14. The number of azo groups is 3. The highest BCUT2D eigenvalue weighted by molar-refractivity contribution is 5.98. The van der Waals surface area contributed by atoms with Crippen molar-refractivity contribution in [2.75, 3.05) is 26.4 Å². The van der Waals surface area contributed by atoms with Gasteiger partial charge in [-0.3, -0.25) is 0 Å². The largest absolute Gasteiger partial charge is 0.462 e. The van der Waals surface area contributed by atoms with Crippen molar-refractivity contribution in [2.24, 2.45) is 30.7 Å². The van der Waals surface area contributed by atoms with Gasteiger partial charge in [0, 0.05) is 0 Å². The summed E-state index contributed by atoms with van der Waals surface area (Å²) in [7, 11) is 0. The van der Waals surface area contributed by atoms with Gasteiger partial charge in [-0.1, -0.05) is 36.4 Å². The molecule has 0 bridgehead atoms. The molecule has 72 heavy (non-hydrogen) atoms. The number of nitrogens with zero attached hydrogens (tertiary/aromatic N) is 6. The third kappa shape index (κ3) is 15.2. The van der Waals surface area contributed by atoms with Crippen LogP contribution in [0.15, 0.2) is 158 Å². The molecule has 0 radical (unpaired) electrons. The highest BCUT2D eigenvalue weighted by Crippen LogP contribution is 2.27. The number of carbonyl (C=O) groups excluding carboxylic acids is 6. The zero-order valence-electron chi connectivity index (χ0n) is 39.6. The second kappa shape index (κ2) is 26.0. The van der Waals surface area contributed by atoms with Gasteiger partial charge in [-0.2, -0.15) is 30.7 Å². The van der Waals surface area contributed by atoms with Crippen molar-refractivity contribution < 1.29 is 62.3 Å². The minimum atomic E-state index is -0.773. The molecule has 6 aromatic carbocycles. The van der Waals surface area contributed by atoms with Crippen molar-refractivity contribution in [3.8, 4) is 0 Å². The maximum Gasteiger partial charge on any atom is 0.338 e. The van der Waals surface area contributed by atoms with Crippen LogP contribution < -0.4 is 0 Å². The van der Waals surface area contributed by atoms with Crippen molar-refractivity contribution >= 4 is 69.9 Å². The Labute approximate surface area is 413 Å². The number of hydrogen-bond acceptors (Lipinski definition) is 19. The van der Waals surface area contributed by atoms with Crippen molar-refractivity contribution in [1.82, 2.24) is 0 Å². The Morgan fingerprint density at radius 3 is 0.778 bits per heavy atom. The fraction of sp³-hybridized carbons (Fsp3) is 0.208. The number of hydrogen-bond donors (Lipinski definition) is 1. The molecule has 0 heterocycles. The van der Waals surface area contributed by atoms with Crippen LogP contribution in [0.25, 0.3) is 0 Å². The highest BCUT2D eigenvalue weighted by Gasteiger charge is 2.19. The third-order valence-corrected chi connectivity index (χ3v) is 9.84. The first-order valence-electron chi connectivity index (χ1n) is 22.5. The topological polar surface area (TPSA) is 252 Å². The number of aliphatic hydroxyl groups is 1. The SMILES string of the molecule is CCOC(=O)c1cc(N=Nc2ccc(COC(=O)c3cc(N=Nc4ccc(CO)cc4)cc(C(=O)OCc4ccc(N=Nc5cc(C(=O)OCC)cc(C(=O)OCC)c5)cc4)c3)cc2)cc(C(=O)OCC)c1. The van der Waals surface area contributed by atoms with Gasteiger partial charge in [-0.05, 0) is 135 Å². The van der Waals surface area contributed by atoms with Gasteiger partial charge in [-0.15, -0.1) is 0 Å². The van der Waals surface area contributed by atoms with Gasteiger partial charge in [0.15, 0.2) is 0 Å². The quantitative estimate of drug-likeness (QED) is 0.0400. The van der Waals surface area contributed by atoms with E-state index in [2.05, 4.69) is 30.7 Å². The Morgan fingerprint density at radius 1 is 0.319 bits per heavy atom. The molecule has 0 aliphatic carbocycles. The van der Waals surface area contributed by atoms with E-state index in [1.165, 1.54) is 54.6 Å². The van der Waals surface area contributed by atoms with E-state index in [1.807, 2.05) is 0 Å². The summed E-state index contributed by atoms with van der Waals surface area (Å²) >= 11 is 0. The normalized spacial score (nSPS) is 11.1. The van der Waals surface area contributed by atoms with Crippen LogP contribution in [0.4, 0.5) is 34.1 Å². The molecular weight excluding hydrogens is 929 g/mol. The van der Waals surface area contributed by atoms with E-state index in [1.54, 1.807) is 100 Å². The molecule has 368 valence electrons. The smallest absolute Gasteiger partial charge is 0.338 e. The van der Waals surface area contributed by atoms with Gasteiger partial charge in [0.1, 0.15) is 13.2 Å². The first-order chi connectivity index (χ1) is 34.9. The monoisotopic (exact) mass is 976 g/mol. The van der Waals surface area contributed by atoms with E-state index in [9.17, 15) is 33.9 Å². The molecule has 0 saturated carbocycles. The number of carbonyl (C=O) groups is 6. The summed E-state index contributed by atoms with van der Waals surface area (Å²) in [5.74, 6) is -4.08. The lowest BCUT2D eigenvalue weighted by Gasteiger charge is -2.09. The molecule has 0 spiro atoms. The van der Waals surface area contributed by atoms with Crippen LogP contribution in [0.1, 0.15) is 107 Å². The highest BCUT2D eigenvalue weighted by atomic mass is 16.6. The molecule has 19 nitrogen and oxygen atoms in total. The Hall–Kier alpha value is -9.10. The second-order valence-corrected chi connectivity index (χ2v) is 15.1. The molecule has 0 amide bonds. The van der Waals surface area contributed by atoms with Crippen LogP contribution in [0.5, 0.6) is 0 Å². The first-order valence-corrected chi connectivity index (χ1v) is 22.5. The first kappa shape index (κ1) is 52.3. The minimum absolute atomic E-state index is 0.0106. The van der Waals surface area contributed by atoms with E-state index < -0.39 is 35.8 Å². The van der Waals surface area contributed by atoms with Crippen LogP contribution in [0.2, 0.25) is 0 Å². The third-order valence-electron chi connectivity index (χ3n) is 9.84. The summed E-state index contributed by atoms with van der Waals surface area (Å²) in [6.07, 6.45) is 0. The minimum Gasteiger partial charge on any atom is -0.462 e. The Kier molecular flexibility index (Phi) is 18.9. The van der Waals surface area contributed by atoms with E-state index in [0.717, 1.165) is 0 Å². The maximum absolute atomic E-state index is 13.5. The lowest BCUT2D eigenvalue weighted by Crippen LogP contribution is -2.09. The van der Waals surface area contributed by atoms with Gasteiger partial charge in [0.2, 0.25) is 0 Å². The molecule has 6 aromatic rings. The van der Waals surface area contributed by atoms with E-state index in [4.69, 9.17) is 28.4 Å². The van der Waals surface area contributed by atoms with Crippen LogP contribution in [-0.4, -0.2) is 67.3 Å². The molecule has 0 aliphatic rings. The Morgan fingerprint density at radius 2 is 0.542 bits per heavy atom. The molecule has 0 atom stereocenters. The van der Waals surface area contributed by atoms with Crippen LogP contribution >= 0.6 is 0 Å². The van der Waals surface area contributed by atoms with Gasteiger partial charge < -0.3 is 33.5 Å². The fourth-order valence-corrected chi connectivity index (χ4v) is 6.37. The zero-order valence-corrected chi connectivity index (χ0v) is 39.6. The average molecular weight is 977 g/mol. The van der Waals surface area contributed by atoms with Crippen molar-refractivity contribution in [2.45, 2.75) is 47.5 Å². The average Bonchev–Trinajstić information content (AvgIpc) is 3.40. The number of benzene rings is 6. The van der Waals surface area contributed by atoms with E-state index in [-0.39, 0.29) is 96.7 Å². The maximum atomic E-state index is 13.5. The zero-order chi connectivity index (χ0) is 51.4. The summed E-state index contributed by atoms with van der Waals surface area (Å²) in [4.78, 5) is 76.9. The van der Waals surface area contributed by atoms with E-state index in [0.29, 0.717) is 33.8 Å². The summed E-state index contributed by atoms with van der Waals surface area (Å²) in [6, 6.07) is 32.5. The molecule has 0 saturated heterocycles. The summed E-state index contributed by atoms with van der Waals surface area (Å²) in [5.41, 5.74) is 4.14. The van der Waals surface area contributed by atoms with Crippen molar-refractivity contribution in [3.63, 3.8) is 0 Å². The molecular formula is C53H48N6O13. The molecule has 19 heteroatoms. The molecule has 1 N–H and O–H groups in total. The standard InChI is InChI=1S/C53H48N6O13/c1-5-67-48(61)36-21-37(49(62)68-6-2)25-45(24-36)57-55-43-17-11-34(12-18-43)31-71-52(65)40-23-41(29-47(28-40)59-54-42-15-9-33(30-60)10-16-42)53(66)72-32-35-13-19-44(20-14-35)56-58-46-26-38(50(63)69-7-3)22-39(27-46)51(64)70-8-4/h9-29,60H,5-8,30-32H2,1-4H3. The molecule has 0 fully saturated rings. The second-order valence-electron chi connectivity index (χ2n) is 15.1. The van der Waals surface area contributed by atoms with Crippen molar-refractivity contribution in [1.29, 1.82) is 0 Å². The summed E-state index contributed by atoms with van der Waals surface area (Å²) < 4.78 is 31.6. The number of ether oxygens (including phenoxy) is 6. The van der Waals surface area contributed by atoms with E-state index >= 15 is 0 Å². The van der Waals surface area contributed by atoms with Crippen LogP contribution in [0, 0.1) is 0 Å². The van der Waals surface area contributed by atoms with Gasteiger partial charge in [0.25, 0.3) is 0 Å². The lowest BCUT2D eigenvalue weighted by atomic mass is 10.1. The Bertz CT molecular complexity index is 2760. The predicted octanol–water partition coefficient (Wildman–Crippen LogP) is 11.8. The van der Waals surface area contributed by atoms with Gasteiger partial charge in [-0.25, -0.2) is 28.8 Å². The predicted molar refractivity (Wildman–Crippen MR) is 259 cm³/mol. The van der Waals surface area contributed by atoms with Crippen molar-refractivity contribution in [3.05, 3.63) is 177 Å². The lowest BCUT2D eigenvalue weighted by molar-refractivity contribution is 0.0462. The van der Waals surface area contributed by atoms with Crippen LogP contribution in [0.3, 0.4) is 0 Å². The summed E-state index contributed by atoms with van der Waals surface area (Å²) in [5, 5.41) is 34.7.